The van der Waals surface area contributed by atoms with Crippen molar-refractivity contribution in [2.75, 3.05) is 11.6 Å². The van der Waals surface area contributed by atoms with Crippen LogP contribution in [0.2, 0.25) is 0 Å². The SMILES string of the molecule is CC1C=C(S(N)(=O)=O)C(C2C=CC(N3CCC4=C(C3=O)N(c3ccc(O)c(C(=N)N)c3)NC4C)=CC2)=CC1. The Labute approximate surface area is 222 Å². The first-order valence-electron chi connectivity index (χ1n) is 12.6. The number of rotatable bonds is 5. The zero-order chi connectivity index (χ0) is 27.4. The van der Waals surface area contributed by atoms with Crippen molar-refractivity contribution in [1.29, 1.82) is 5.41 Å². The normalized spacial score (nSPS) is 25.7. The average molecular weight is 537 g/mol. The van der Waals surface area contributed by atoms with Gasteiger partial charge in [0.1, 0.15) is 17.3 Å². The van der Waals surface area contributed by atoms with E-state index in [0.717, 1.165) is 17.7 Å². The lowest BCUT2D eigenvalue weighted by atomic mass is 9.85. The first-order chi connectivity index (χ1) is 18.0. The molecule has 5 rings (SSSR count). The van der Waals surface area contributed by atoms with E-state index in [4.69, 9.17) is 16.3 Å². The molecular weight excluding hydrogens is 504 g/mol. The van der Waals surface area contributed by atoms with Crippen molar-refractivity contribution >= 4 is 27.5 Å². The number of nitrogen functional groups attached to an aromatic ring is 1. The number of aromatic hydroxyl groups is 1. The van der Waals surface area contributed by atoms with Crippen molar-refractivity contribution < 1.29 is 18.3 Å². The Hall–Kier alpha value is -3.67. The fraction of sp³-hybridized carbons (Fsp3) is 0.333. The van der Waals surface area contributed by atoms with Crippen LogP contribution in [-0.4, -0.2) is 42.8 Å². The summed E-state index contributed by atoms with van der Waals surface area (Å²) < 4.78 is 24.4. The smallest absolute Gasteiger partial charge is 0.276 e. The number of hydrazine groups is 1. The molecule has 2 heterocycles. The van der Waals surface area contributed by atoms with Gasteiger partial charge in [0.15, 0.2) is 0 Å². The highest BCUT2D eigenvalue weighted by Gasteiger charge is 2.40. The van der Waals surface area contributed by atoms with Gasteiger partial charge in [-0.05, 0) is 67.5 Å². The molecule has 200 valence electrons. The van der Waals surface area contributed by atoms with Gasteiger partial charge in [0.2, 0.25) is 10.0 Å². The molecule has 2 aliphatic carbocycles. The molecule has 0 bridgehead atoms. The third kappa shape index (κ3) is 4.57. The van der Waals surface area contributed by atoms with Gasteiger partial charge in [-0.2, -0.15) is 0 Å². The van der Waals surface area contributed by atoms with Gasteiger partial charge in [0.25, 0.3) is 5.91 Å². The largest absolute Gasteiger partial charge is 0.507 e. The van der Waals surface area contributed by atoms with Crippen LogP contribution in [0.25, 0.3) is 0 Å². The minimum absolute atomic E-state index is 0.0602. The number of amidine groups is 1. The van der Waals surface area contributed by atoms with E-state index in [0.29, 0.717) is 36.3 Å². The summed E-state index contributed by atoms with van der Waals surface area (Å²) in [5.41, 5.74) is 12.7. The Morgan fingerprint density at radius 3 is 2.63 bits per heavy atom. The molecule has 7 N–H and O–H groups in total. The Morgan fingerprint density at radius 1 is 1.21 bits per heavy atom. The molecule has 1 aromatic rings. The fourth-order valence-corrected chi connectivity index (χ4v) is 6.50. The summed E-state index contributed by atoms with van der Waals surface area (Å²) in [7, 11) is -3.84. The number of amides is 1. The summed E-state index contributed by atoms with van der Waals surface area (Å²) in [5, 5.41) is 25.0. The molecular formula is C27H32N6O4S. The van der Waals surface area contributed by atoms with Gasteiger partial charge in [-0.15, -0.1) is 0 Å². The van der Waals surface area contributed by atoms with Crippen LogP contribution < -0.4 is 21.3 Å². The zero-order valence-electron chi connectivity index (χ0n) is 21.3. The molecule has 0 radical (unpaired) electrons. The maximum absolute atomic E-state index is 13.8. The lowest BCUT2D eigenvalue weighted by Crippen LogP contribution is -2.42. The number of nitrogens with two attached hydrogens (primary N) is 2. The highest BCUT2D eigenvalue weighted by molar-refractivity contribution is 7.93. The number of hydrogen-bond acceptors (Lipinski definition) is 7. The average Bonchev–Trinajstić information content (AvgIpc) is 3.21. The summed E-state index contributed by atoms with van der Waals surface area (Å²) in [6.45, 7) is 4.47. The van der Waals surface area contributed by atoms with Crippen LogP contribution in [0.15, 0.2) is 76.0 Å². The predicted octanol–water partition coefficient (Wildman–Crippen LogP) is 2.47. The molecule has 0 spiro atoms. The lowest BCUT2D eigenvalue weighted by molar-refractivity contribution is -0.125. The molecule has 10 nitrogen and oxygen atoms in total. The van der Waals surface area contributed by atoms with Crippen LogP contribution in [-0.2, 0) is 14.8 Å². The summed E-state index contributed by atoms with van der Waals surface area (Å²) in [4.78, 5) is 15.7. The molecule has 2 aliphatic heterocycles. The number of sulfonamides is 1. The van der Waals surface area contributed by atoms with E-state index in [1.54, 1.807) is 28.1 Å². The Balaban J connectivity index is 1.39. The molecule has 11 heteroatoms. The van der Waals surface area contributed by atoms with Gasteiger partial charge >= 0.3 is 0 Å². The third-order valence-corrected chi connectivity index (χ3v) is 8.47. The first kappa shape index (κ1) is 26.0. The van der Waals surface area contributed by atoms with Gasteiger partial charge in [-0.25, -0.2) is 19.0 Å². The van der Waals surface area contributed by atoms with Crippen molar-refractivity contribution in [2.45, 2.75) is 39.2 Å². The fourth-order valence-electron chi connectivity index (χ4n) is 5.51. The number of anilines is 1. The van der Waals surface area contributed by atoms with E-state index in [-0.39, 0.29) is 45.8 Å². The number of nitrogens with one attached hydrogen (secondary N) is 2. The van der Waals surface area contributed by atoms with Crippen LogP contribution in [0, 0.1) is 17.2 Å². The number of phenols is 1. The number of benzene rings is 1. The van der Waals surface area contributed by atoms with Crippen molar-refractivity contribution in [2.24, 2.45) is 22.7 Å². The second-order valence-corrected chi connectivity index (χ2v) is 11.7. The van der Waals surface area contributed by atoms with E-state index in [2.05, 4.69) is 5.43 Å². The Kier molecular flexibility index (Phi) is 6.54. The molecule has 0 fully saturated rings. The maximum Gasteiger partial charge on any atom is 0.276 e. The van der Waals surface area contributed by atoms with Crippen molar-refractivity contribution in [3.05, 3.63) is 81.6 Å². The van der Waals surface area contributed by atoms with Crippen molar-refractivity contribution in [3.8, 4) is 5.75 Å². The van der Waals surface area contributed by atoms with E-state index < -0.39 is 10.0 Å². The number of carbonyl (C=O) groups is 1. The second-order valence-electron chi connectivity index (χ2n) is 10.2. The first-order valence-corrected chi connectivity index (χ1v) is 14.1. The monoisotopic (exact) mass is 536 g/mol. The van der Waals surface area contributed by atoms with Gasteiger partial charge in [0, 0.05) is 24.2 Å². The number of hydrogen-bond donors (Lipinski definition) is 5. The maximum atomic E-state index is 13.8. The third-order valence-electron chi connectivity index (χ3n) is 7.48. The second kappa shape index (κ2) is 9.57. The molecule has 0 saturated carbocycles. The quantitative estimate of drug-likeness (QED) is 0.285. The minimum atomic E-state index is -3.84. The topological polar surface area (TPSA) is 166 Å². The molecule has 0 saturated heterocycles. The van der Waals surface area contributed by atoms with Gasteiger partial charge in [0.05, 0.1) is 16.2 Å². The number of primary sulfonamides is 1. The summed E-state index contributed by atoms with van der Waals surface area (Å²) >= 11 is 0. The van der Waals surface area contributed by atoms with E-state index >= 15 is 0 Å². The molecule has 0 aromatic heterocycles. The van der Waals surface area contributed by atoms with Gasteiger partial charge < -0.3 is 15.7 Å². The lowest BCUT2D eigenvalue weighted by Gasteiger charge is -2.33. The van der Waals surface area contributed by atoms with Crippen LogP contribution in [0.4, 0.5) is 5.69 Å². The molecule has 4 aliphatic rings. The van der Waals surface area contributed by atoms with Gasteiger partial charge in [-0.3, -0.25) is 15.2 Å². The number of nitrogens with zero attached hydrogens (tertiary/aromatic N) is 2. The standard InChI is InChI=1S/C27H32N6O4S/c1-15-3-9-21(24(13-15)38(30,36)37)17-4-6-18(7-5-17)32-12-11-20-16(2)31-33(25(20)27(32)35)19-8-10-23(34)22(14-19)26(28)29/h4,6-10,13-17,31,34H,3,5,11-12H2,1-2H3,(H3,28,29)(H2,30,36,37). The summed E-state index contributed by atoms with van der Waals surface area (Å²) in [6.07, 6.45) is 11.5. The molecule has 3 atom stereocenters. The highest BCUT2D eigenvalue weighted by Crippen LogP contribution is 2.39. The van der Waals surface area contributed by atoms with E-state index in [1.165, 1.54) is 6.07 Å². The van der Waals surface area contributed by atoms with Crippen molar-refractivity contribution in [3.63, 3.8) is 0 Å². The van der Waals surface area contributed by atoms with Crippen LogP contribution >= 0.6 is 0 Å². The minimum Gasteiger partial charge on any atom is -0.507 e. The zero-order valence-corrected chi connectivity index (χ0v) is 22.1. The highest BCUT2D eigenvalue weighted by atomic mass is 32.2. The molecule has 1 aromatic carbocycles. The summed E-state index contributed by atoms with van der Waals surface area (Å²) in [6, 6.07) is 4.65. The molecule has 38 heavy (non-hydrogen) atoms. The van der Waals surface area contributed by atoms with Crippen LogP contribution in [0.1, 0.15) is 38.7 Å². The Morgan fingerprint density at radius 2 is 1.97 bits per heavy atom. The molecule has 1 amide bonds. The number of allylic oxidation sites excluding steroid dienone is 6. The van der Waals surface area contributed by atoms with E-state index in [1.807, 2.05) is 38.2 Å². The Bertz CT molecular complexity index is 1490. The van der Waals surface area contributed by atoms with Crippen molar-refractivity contribution in [1.82, 2.24) is 10.3 Å². The molecule has 3 unspecified atom stereocenters. The van der Waals surface area contributed by atoms with Crippen LogP contribution in [0.3, 0.4) is 0 Å². The predicted molar refractivity (Wildman–Crippen MR) is 146 cm³/mol. The van der Waals surface area contributed by atoms with Gasteiger partial charge in [-0.1, -0.05) is 31.2 Å². The van der Waals surface area contributed by atoms with E-state index in [9.17, 15) is 18.3 Å². The van der Waals surface area contributed by atoms with Crippen LogP contribution in [0.5, 0.6) is 5.75 Å². The number of carbonyl (C=O) groups excluding carboxylic acids is 1. The summed E-state index contributed by atoms with van der Waals surface area (Å²) in [5.74, 6) is -0.570. The number of phenolic OH excluding ortho intramolecular Hbond substituents is 1.